The van der Waals surface area contributed by atoms with Crippen molar-refractivity contribution in [3.8, 4) is 51.5 Å². The molecule has 12 rings (SSSR count). The number of carbonyl (C=O) groups is 2. The zero-order valence-electron chi connectivity index (χ0n) is 49.1. The molecule has 3 aromatic heterocycles. The van der Waals surface area contributed by atoms with Crippen molar-refractivity contribution in [1.82, 2.24) is 38.0 Å². The molecule has 2 amide bonds. The molecule has 6 aromatic carbocycles. The molecule has 446 valence electrons. The van der Waals surface area contributed by atoms with Gasteiger partial charge in [0.25, 0.3) is 0 Å². The Labute approximate surface area is 507 Å². The average Bonchev–Trinajstić information content (AvgIpc) is 1.70. The molecule has 2 fully saturated rings. The largest absolute Gasteiger partial charge is 0.497 e. The Morgan fingerprint density at radius 2 is 1.20 bits per heavy atom. The third-order valence-electron chi connectivity index (χ3n) is 15.6. The monoisotopic (exact) mass is 1180 g/mol. The van der Waals surface area contributed by atoms with E-state index >= 15 is 0 Å². The third kappa shape index (κ3) is 13.1. The van der Waals surface area contributed by atoms with Crippen molar-refractivity contribution in [3.05, 3.63) is 225 Å². The number of hydrogen-bond donors (Lipinski definition) is 4. The molecule has 0 saturated heterocycles. The quantitative estimate of drug-likeness (QED) is 0.0438. The number of amides is 2. The van der Waals surface area contributed by atoms with Gasteiger partial charge in [0.05, 0.1) is 29.9 Å². The number of nitrogen functional groups attached to an aromatic ring is 1. The zero-order valence-corrected chi connectivity index (χ0v) is 49.1. The van der Waals surface area contributed by atoms with Crippen LogP contribution in [0.5, 0.6) is 28.7 Å². The van der Waals surface area contributed by atoms with Crippen LogP contribution in [0.2, 0.25) is 0 Å². The molecule has 88 heavy (non-hydrogen) atoms. The number of rotatable bonds is 23. The molecule has 0 bridgehead atoms. The van der Waals surface area contributed by atoms with Gasteiger partial charge in [0, 0.05) is 79.2 Å². The molecule has 4 heterocycles. The second-order valence-corrected chi connectivity index (χ2v) is 22.2. The van der Waals surface area contributed by atoms with E-state index in [9.17, 15) is 19.2 Å². The minimum Gasteiger partial charge on any atom is -0.497 e. The molecule has 0 spiro atoms. The molecule has 20 heteroatoms. The highest BCUT2D eigenvalue weighted by molar-refractivity contribution is 6.00. The second kappa shape index (κ2) is 25.6. The summed E-state index contributed by atoms with van der Waals surface area (Å²) in [5, 5.41) is 6.41. The smallest absolute Gasteiger partial charge is 0.339 e. The summed E-state index contributed by atoms with van der Waals surface area (Å²) >= 11 is 0. The van der Waals surface area contributed by atoms with Gasteiger partial charge in [0.2, 0.25) is 11.8 Å². The van der Waals surface area contributed by atoms with Crippen molar-refractivity contribution in [1.29, 1.82) is 0 Å². The first kappa shape index (κ1) is 57.8. The Balaban J connectivity index is 0.748. The number of imidazole rings is 2. The summed E-state index contributed by atoms with van der Waals surface area (Å²) in [5.74, 6) is 2.45. The van der Waals surface area contributed by atoms with E-state index in [0.717, 1.165) is 36.9 Å². The highest BCUT2D eigenvalue weighted by Crippen LogP contribution is 2.31. The Kier molecular flexibility index (Phi) is 16.8. The fourth-order valence-electron chi connectivity index (χ4n) is 11.0. The molecular formula is C68H67N13O7. The average molecular weight is 1180 g/mol. The van der Waals surface area contributed by atoms with Crippen LogP contribution in [0.3, 0.4) is 0 Å². The number of nitrogens with zero attached hydrogens (tertiary/aromatic N) is 9. The van der Waals surface area contributed by atoms with Gasteiger partial charge in [-0.15, -0.1) is 0 Å². The van der Waals surface area contributed by atoms with E-state index in [4.69, 9.17) is 30.7 Å². The molecule has 20 nitrogen and oxygen atoms in total. The summed E-state index contributed by atoms with van der Waals surface area (Å²) in [7, 11) is 3.58. The number of nitrogens with two attached hydrogens (primary N) is 2. The van der Waals surface area contributed by atoms with E-state index < -0.39 is 11.4 Å². The number of fused-ring (bicyclic) bond motifs is 2. The zero-order chi connectivity index (χ0) is 60.8. The van der Waals surface area contributed by atoms with Gasteiger partial charge >= 0.3 is 11.4 Å². The first-order valence-corrected chi connectivity index (χ1v) is 29.3. The van der Waals surface area contributed by atoms with Crippen LogP contribution >= 0.6 is 0 Å². The molecular weight excluding hydrogens is 1110 g/mol. The van der Waals surface area contributed by atoms with Crippen LogP contribution in [0.4, 0.5) is 17.2 Å². The van der Waals surface area contributed by atoms with E-state index in [2.05, 4.69) is 30.4 Å². The number of nitrogens with one attached hydrogen (secondary N) is 2. The van der Waals surface area contributed by atoms with Crippen molar-refractivity contribution >= 4 is 45.9 Å². The number of hydrogen-bond acceptors (Lipinski definition) is 14. The maximum absolute atomic E-state index is 15.0. The number of methoxy groups -OCH3 is 1. The van der Waals surface area contributed by atoms with Crippen LogP contribution in [-0.4, -0.2) is 95.7 Å². The van der Waals surface area contributed by atoms with Gasteiger partial charge in [-0.25, -0.2) is 33.7 Å². The number of aryl methyl sites for hydroxylation is 1. The summed E-state index contributed by atoms with van der Waals surface area (Å²) in [4.78, 5) is 74.6. The van der Waals surface area contributed by atoms with Crippen molar-refractivity contribution in [2.45, 2.75) is 64.0 Å². The molecule has 6 N–H and O–H groups in total. The Morgan fingerprint density at radius 3 is 1.82 bits per heavy atom. The first-order valence-electron chi connectivity index (χ1n) is 29.3. The van der Waals surface area contributed by atoms with Gasteiger partial charge in [0.1, 0.15) is 45.9 Å². The van der Waals surface area contributed by atoms with E-state index in [-0.39, 0.29) is 17.6 Å². The van der Waals surface area contributed by atoms with E-state index in [1.807, 2.05) is 117 Å². The van der Waals surface area contributed by atoms with Crippen molar-refractivity contribution in [3.63, 3.8) is 0 Å². The molecule has 0 atom stereocenters. The Morgan fingerprint density at radius 1 is 0.636 bits per heavy atom. The predicted octanol–water partition coefficient (Wildman–Crippen LogP) is 9.00. The minimum atomic E-state index is -0.422. The lowest BCUT2D eigenvalue weighted by Gasteiger charge is -2.20. The van der Waals surface area contributed by atoms with Gasteiger partial charge in [-0.1, -0.05) is 48.6 Å². The number of likely N-dealkylation sites (N-methyl/N-ethyl adjacent to an activating group) is 1. The number of para-hydroxylation sites is 2. The molecule has 9 aromatic rings. The summed E-state index contributed by atoms with van der Waals surface area (Å²) in [6, 6.07) is 44.7. The first-order chi connectivity index (χ1) is 42.8. The van der Waals surface area contributed by atoms with Crippen LogP contribution in [0.1, 0.15) is 50.5 Å². The molecule has 0 radical (unpaired) electrons. The normalized spacial score (nSPS) is 14.1. The SMILES string of the molecule is COc1cc(NC(=O)/C=C/CN(C)C2CC2)cc(-n2c3c(n(-c4ccc(Oc5ccccc5)cc4)c2=O)=C(N)CC(CCCN(C/C=C/C(=O)Nc2cc(C)cc(-n4c(=O)n(-c5ccc(Oc6ccccc6)cc5)c5c(N)ncnc54)c2)C2CC2)=CN=3)c1. The Hall–Kier alpha value is -10.6. The fourth-order valence-corrected chi connectivity index (χ4v) is 11.0. The van der Waals surface area contributed by atoms with Gasteiger partial charge in [0.15, 0.2) is 17.0 Å². The molecule has 0 unspecified atom stereocenters. The fraction of sp³-hybridized carbons (Fsp3) is 0.221. The summed E-state index contributed by atoms with van der Waals surface area (Å²) in [6.07, 6.45) is 16.2. The number of benzene rings is 6. The standard InChI is InChI=1S/C68H67N13O7/c1-44-35-46(38-52(36-44)80-66-63(64(70)72-43-73-66)79(68(80)85)51-26-30-57(31-27-51)88-55-16-8-5-9-17-55)74-61(83)19-12-34-77(49-22-23-49)33-10-13-45-37-59(69)62-65(71-42-45)81(67(84)78(62)50-24-28-56(29-25-50)87-54-14-6-4-7-15-54)53-39-47(40-58(41-53)86-3)75-60(82)18-11-32-76(2)48-20-21-48/h4-9,11-12,14-19,24-31,35-36,38-43,48-49H,10,13,20-23,32-34,37,69H2,1-3H3,(H,74,83)(H,75,82)(H2,70,72,73)/b18-11+,19-12+. The molecule has 2 saturated carbocycles. The third-order valence-corrected chi connectivity index (χ3v) is 15.6. The maximum atomic E-state index is 15.0. The van der Waals surface area contributed by atoms with Crippen LogP contribution in [-0.2, 0) is 9.59 Å². The van der Waals surface area contributed by atoms with E-state index in [1.165, 1.54) is 46.1 Å². The highest BCUT2D eigenvalue weighted by atomic mass is 16.5. The molecule has 2 aliphatic carbocycles. The summed E-state index contributed by atoms with van der Waals surface area (Å²) < 4.78 is 23.8. The van der Waals surface area contributed by atoms with Crippen LogP contribution in [0.15, 0.2) is 203 Å². The lowest BCUT2D eigenvalue weighted by atomic mass is 10.1. The molecule has 3 aliphatic rings. The lowest BCUT2D eigenvalue weighted by molar-refractivity contribution is -0.112. The summed E-state index contributed by atoms with van der Waals surface area (Å²) in [6.45, 7) is 3.85. The highest BCUT2D eigenvalue weighted by Gasteiger charge is 2.29. The predicted molar refractivity (Wildman–Crippen MR) is 341 cm³/mol. The number of aromatic nitrogens is 6. The minimum absolute atomic E-state index is 0.130. The van der Waals surface area contributed by atoms with Crippen molar-refractivity contribution in [2.75, 3.05) is 50.2 Å². The van der Waals surface area contributed by atoms with Gasteiger partial charge in [-0.05, 0) is 167 Å². The van der Waals surface area contributed by atoms with E-state index in [1.54, 1.807) is 71.3 Å². The van der Waals surface area contributed by atoms with E-state index in [0.29, 0.717) is 129 Å². The number of ether oxygens (including phenoxy) is 3. The van der Waals surface area contributed by atoms with Crippen molar-refractivity contribution in [2.24, 2.45) is 10.7 Å². The second-order valence-electron chi connectivity index (χ2n) is 22.2. The lowest BCUT2D eigenvalue weighted by Crippen LogP contribution is -2.36. The van der Waals surface area contributed by atoms with Gasteiger partial charge < -0.3 is 36.3 Å². The maximum Gasteiger partial charge on any atom is 0.339 e. The van der Waals surface area contributed by atoms with Crippen LogP contribution in [0, 0.1) is 6.92 Å². The van der Waals surface area contributed by atoms with Crippen LogP contribution < -0.4 is 58.5 Å². The van der Waals surface area contributed by atoms with Crippen molar-refractivity contribution < 1.29 is 23.8 Å². The van der Waals surface area contributed by atoms with Gasteiger partial charge in [-0.2, -0.15) is 0 Å². The number of carbonyl (C=O) groups excluding carboxylic acids is 2. The number of anilines is 3. The van der Waals surface area contributed by atoms with Gasteiger partial charge in [-0.3, -0.25) is 28.5 Å². The topological polar surface area (TPSA) is 236 Å². The summed E-state index contributed by atoms with van der Waals surface area (Å²) in [5.41, 5.74) is 18.8. The molecule has 1 aliphatic heterocycles. The van der Waals surface area contributed by atoms with Crippen LogP contribution in [0.25, 0.3) is 39.6 Å². The Bertz CT molecular complexity index is 4430.